The number of esters is 1. The van der Waals surface area contributed by atoms with Crippen LogP contribution < -0.4 is 5.43 Å². The Morgan fingerprint density at radius 2 is 1.69 bits per heavy atom. The Kier molecular flexibility index (Phi) is 8.77. The molecule has 0 spiro atoms. The summed E-state index contributed by atoms with van der Waals surface area (Å²) in [6.07, 6.45) is 2.36. The number of hydrogen-bond donors (Lipinski definition) is 1. The highest BCUT2D eigenvalue weighted by atomic mass is 19.2. The number of carbonyl (C=O) groups excluding carboxylic acids is 2. The molecular weight excluding hydrogens is 395 g/mol. The molecule has 8 nitrogen and oxygen atoms in total. The van der Waals surface area contributed by atoms with Gasteiger partial charge >= 0.3 is 11.7 Å². The molecule has 0 aliphatic rings. The van der Waals surface area contributed by atoms with E-state index >= 15 is 0 Å². The lowest BCUT2D eigenvalue weighted by molar-refractivity contribution is -0.388. The maximum absolute atomic E-state index is 14.5. The number of carbonyl (C=O) groups is 2. The van der Waals surface area contributed by atoms with Crippen LogP contribution in [0.4, 0.5) is 18.9 Å². The second-order valence-electron chi connectivity index (χ2n) is 6.04. The lowest BCUT2D eigenvalue weighted by atomic mass is 9.98. The van der Waals surface area contributed by atoms with Gasteiger partial charge in [-0.15, -0.1) is 0 Å². The van der Waals surface area contributed by atoms with Crippen molar-refractivity contribution < 1.29 is 32.4 Å². The van der Waals surface area contributed by atoms with Crippen LogP contribution in [-0.4, -0.2) is 41.9 Å². The maximum Gasteiger partial charge on any atom is 0.343 e. The Morgan fingerprint density at radius 3 is 2.14 bits per heavy atom. The predicted octanol–water partition coefficient (Wildman–Crippen LogP) is 3.19. The van der Waals surface area contributed by atoms with Crippen molar-refractivity contribution in [3.05, 3.63) is 50.5 Å². The quantitative estimate of drug-likeness (QED) is 0.0912. The molecule has 0 atom stereocenters. The maximum atomic E-state index is 14.5. The molecule has 0 aromatic heterocycles. The number of ketones is 1. The molecule has 0 bridgehead atoms. The molecule has 1 rings (SSSR count). The minimum absolute atomic E-state index is 0.534. The summed E-state index contributed by atoms with van der Waals surface area (Å²) in [4.78, 5) is 34.6. The highest BCUT2D eigenvalue weighted by Gasteiger charge is 2.37. The van der Waals surface area contributed by atoms with Crippen molar-refractivity contribution in [1.82, 2.24) is 10.4 Å². The van der Waals surface area contributed by atoms with Gasteiger partial charge < -0.3 is 10.2 Å². The van der Waals surface area contributed by atoms with Crippen LogP contribution in [-0.2, 0) is 9.53 Å². The average molecular weight is 417 g/mol. The van der Waals surface area contributed by atoms with Crippen LogP contribution in [0.25, 0.3) is 0 Å². The number of nitrogens with one attached hydrogen (secondary N) is 1. The lowest BCUT2D eigenvalue weighted by Crippen LogP contribution is -2.36. The van der Waals surface area contributed by atoms with Gasteiger partial charge in [0.05, 0.1) is 12.0 Å². The normalized spacial score (nSPS) is 11.5. The molecule has 0 aliphatic heterocycles. The van der Waals surface area contributed by atoms with Gasteiger partial charge in [-0.2, -0.15) is 4.39 Å². The van der Waals surface area contributed by atoms with Gasteiger partial charge in [-0.3, -0.25) is 14.9 Å². The van der Waals surface area contributed by atoms with E-state index in [0.29, 0.717) is 13.1 Å². The van der Waals surface area contributed by atoms with Gasteiger partial charge in [-0.25, -0.2) is 18.6 Å². The highest BCUT2D eigenvalue weighted by molar-refractivity contribution is 6.25. The van der Waals surface area contributed by atoms with Crippen molar-refractivity contribution in [2.75, 3.05) is 20.2 Å². The first-order chi connectivity index (χ1) is 13.6. The van der Waals surface area contributed by atoms with Crippen molar-refractivity contribution in [3.8, 4) is 0 Å². The molecule has 29 heavy (non-hydrogen) atoms. The fourth-order valence-corrected chi connectivity index (χ4v) is 2.54. The number of rotatable bonds is 10. The third kappa shape index (κ3) is 5.31. The van der Waals surface area contributed by atoms with Crippen molar-refractivity contribution in [2.24, 2.45) is 0 Å². The van der Waals surface area contributed by atoms with Gasteiger partial charge in [0.15, 0.2) is 5.82 Å². The van der Waals surface area contributed by atoms with Crippen LogP contribution in [0.1, 0.15) is 42.6 Å². The summed E-state index contributed by atoms with van der Waals surface area (Å²) in [7, 11) is 0.945. The summed E-state index contributed by atoms with van der Waals surface area (Å²) < 4.78 is 46.9. The van der Waals surface area contributed by atoms with E-state index in [0.717, 1.165) is 33.1 Å². The van der Waals surface area contributed by atoms with E-state index in [1.54, 1.807) is 5.01 Å². The lowest BCUT2D eigenvalue weighted by Gasteiger charge is -2.21. The number of nitro benzene ring substituents is 1. The minimum atomic E-state index is -1.99. The number of hydrazine groups is 1. The second-order valence-corrected chi connectivity index (χ2v) is 6.04. The molecule has 0 saturated heterocycles. The van der Waals surface area contributed by atoms with E-state index in [1.165, 1.54) is 0 Å². The van der Waals surface area contributed by atoms with Crippen LogP contribution in [0, 0.1) is 34.5 Å². The third-order valence-corrected chi connectivity index (χ3v) is 3.95. The fraction of sp³-hybridized carbons (Fsp3) is 0.444. The minimum Gasteiger partial charge on any atom is -0.465 e. The SMILES string of the molecule is CCCN(CCC)N/C=C(/C(=O)OC)C(=O)c1c(F)c(C)c(F)c(F)c1[N+](=O)[O-]. The number of halogens is 3. The molecule has 0 heterocycles. The van der Waals surface area contributed by atoms with Crippen LogP contribution in [0.5, 0.6) is 0 Å². The number of hydrogen-bond acceptors (Lipinski definition) is 7. The topological polar surface area (TPSA) is 102 Å². The highest BCUT2D eigenvalue weighted by Crippen LogP contribution is 2.32. The van der Waals surface area contributed by atoms with Crippen LogP contribution in [0.15, 0.2) is 11.8 Å². The van der Waals surface area contributed by atoms with Gasteiger partial charge in [-0.1, -0.05) is 13.8 Å². The summed E-state index contributed by atoms with van der Waals surface area (Å²) >= 11 is 0. The van der Waals surface area contributed by atoms with Crippen molar-refractivity contribution in [2.45, 2.75) is 33.6 Å². The number of ether oxygens (including phenoxy) is 1. The molecule has 160 valence electrons. The Balaban J connectivity index is 3.58. The molecule has 0 amide bonds. The van der Waals surface area contributed by atoms with E-state index in [1.807, 2.05) is 13.8 Å². The van der Waals surface area contributed by atoms with E-state index in [4.69, 9.17) is 0 Å². The summed E-state index contributed by atoms with van der Waals surface area (Å²) in [5.74, 6) is -8.15. The van der Waals surface area contributed by atoms with Gasteiger partial charge in [0.1, 0.15) is 17.0 Å². The van der Waals surface area contributed by atoms with Gasteiger partial charge in [0.25, 0.3) is 0 Å². The zero-order valence-electron chi connectivity index (χ0n) is 16.5. The first-order valence-corrected chi connectivity index (χ1v) is 8.77. The Labute approximate surface area is 165 Å². The first-order valence-electron chi connectivity index (χ1n) is 8.77. The summed E-state index contributed by atoms with van der Waals surface area (Å²) in [6, 6.07) is 0. The molecule has 1 N–H and O–H groups in total. The molecule has 0 aliphatic carbocycles. The van der Waals surface area contributed by atoms with Crippen molar-refractivity contribution >= 4 is 17.4 Å². The molecule has 0 saturated carbocycles. The van der Waals surface area contributed by atoms with Crippen molar-refractivity contribution in [3.63, 3.8) is 0 Å². The Hall–Kier alpha value is -2.95. The molecule has 0 unspecified atom stereocenters. The smallest absolute Gasteiger partial charge is 0.343 e. The molecule has 11 heteroatoms. The Morgan fingerprint density at radius 1 is 1.14 bits per heavy atom. The Bertz CT molecular complexity index is 837. The zero-order chi connectivity index (χ0) is 22.3. The molecule has 0 radical (unpaired) electrons. The van der Waals surface area contributed by atoms with E-state index < -0.39 is 56.5 Å². The van der Waals surface area contributed by atoms with Crippen LogP contribution in [0.3, 0.4) is 0 Å². The number of nitro groups is 1. The first kappa shape index (κ1) is 24.1. The van der Waals surface area contributed by atoms with Crippen LogP contribution >= 0.6 is 0 Å². The summed E-state index contributed by atoms with van der Waals surface area (Å²) in [5, 5.41) is 12.8. The zero-order valence-corrected chi connectivity index (χ0v) is 16.5. The third-order valence-electron chi connectivity index (χ3n) is 3.95. The van der Waals surface area contributed by atoms with Crippen LogP contribution in [0.2, 0.25) is 0 Å². The second kappa shape index (κ2) is 10.6. The molecular formula is C18H22F3N3O5. The average Bonchev–Trinajstić information content (AvgIpc) is 2.68. The molecule has 0 fully saturated rings. The number of nitrogens with zero attached hydrogens (tertiary/aromatic N) is 2. The van der Waals surface area contributed by atoms with Crippen molar-refractivity contribution in [1.29, 1.82) is 0 Å². The summed E-state index contributed by atoms with van der Waals surface area (Å²) in [6.45, 7) is 5.67. The van der Waals surface area contributed by atoms with Gasteiger partial charge in [0.2, 0.25) is 11.6 Å². The fourth-order valence-electron chi connectivity index (χ4n) is 2.54. The largest absolute Gasteiger partial charge is 0.465 e. The van der Waals surface area contributed by atoms with Gasteiger partial charge in [0, 0.05) is 24.9 Å². The molecule has 1 aromatic rings. The van der Waals surface area contributed by atoms with E-state index in [9.17, 15) is 32.9 Å². The number of Topliss-reactive ketones (excluding diaryl/α,β-unsaturated/α-hetero) is 1. The monoisotopic (exact) mass is 417 g/mol. The number of benzene rings is 1. The standard InChI is InChI=1S/C18H22F3N3O5/c1-5-7-23(8-6-2)22-9-11(18(26)29-4)17(25)12-13(19)10(3)14(20)15(21)16(12)24(27)28/h9,22H,5-8H2,1-4H3/b11-9+. The van der Waals surface area contributed by atoms with E-state index in [-0.39, 0.29) is 0 Å². The predicted molar refractivity (Wildman–Crippen MR) is 97.4 cm³/mol. The number of methoxy groups -OCH3 is 1. The van der Waals surface area contributed by atoms with Gasteiger partial charge in [-0.05, 0) is 19.8 Å². The molecule has 1 aromatic carbocycles. The summed E-state index contributed by atoms with van der Waals surface area (Å²) in [5.41, 5.74) is -2.10. The van der Waals surface area contributed by atoms with E-state index in [2.05, 4.69) is 10.2 Å².